The topological polar surface area (TPSA) is 93.5 Å². The van der Waals surface area contributed by atoms with Gasteiger partial charge < -0.3 is 19.5 Å². The predicted octanol–water partition coefficient (Wildman–Crippen LogP) is 2.93. The van der Waals surface area contributed by atoms with E-state index in [0.717, 1.165) is 24.2 Å². The van der Waals surface area contributed by atoms with Crippen LogP contribution in [0.5, 0.6) is 5.75 Å². The van der Waals surface area contributed by atoms with Crippen LogP contribution in [-0.2, 0) is 11.3 Å². The number of hydrogen-bond acceptors (Lipinski definition) is 6. The number of benzene rings is 1. The van der Waals surface area contributed by atoms with Crippen LogP contribution in [0.1, 0.15) is 34.8 Å². The molecule has 1 atom stereocenters. The predicted molar refractivity (Wildman–Crippen MR) is 117 cm³/mol. The van der Waals surface area contributed by atoms with Gasteiger partial charge in [-0.1, -0.05) is 12.1 Å². The van der Waals surface area contributed by atoms with E-state index in [2.05, 4.69) is 10.3 Å². The average molecular weight is 439 g/mol. The molecule has 0 aliphatic carbocycles. The largest absolute Gasteiger partial charge is 0.497 e. The van der Waals surface area contributed by atoms with Gasteiger partial charge >= 0.3 is 0 Å². The van der Waals surface area contributed by atoms with Crippen molar-refractivity contribution >= 4 is 28.3 Å². The van der Waals surface area contributed by atoms with Crippen molar-refractivity contribution in [2.45, 2.75) is 25.4 Å². The van der Waals surface area contributed by atoms with Crippen molar-refractivity contribution < 1.29 is 14.3 Å². The molecule has 2 amide bonds. The molecule has 3 aromatic rings. The summed E-state index contributed by atoms with van der Waals surface area (Å²) in [4.78, 5) is 43.5. The number of ether oxygens (including phenoxy) is 1. The zero-order valence-corrected chi connectivity index (χ0v) is 17.8. The van der Waals surface area contributed by atoms with Gasteiger partial charge in [-0.25, -0.2) is 4.98 Å². The van der Waals surface area contributed by atoms with Crippen molar-refractivity contribution in [3.8, 4) is 5.75 Å². The number of carbonyl (C=O) groups excluding carboxylic acids is 2. The van der Waals surface area contributed by atoms with Gasteiger partial charge in [0.25, 0.3) is 11.5 Å². The highest BCUT2D eigenvalue weighted by atomic mass is 32.1. The number of carbonyl (C=O) groups is 2. The lowest BCUT2D eigenvalue weighted by Gasteiger charge is -2.25. The third-order valence-electron chi connectivity index (χ3n) is 5.24. The van der Waals surface area contributed by atoms with E-state index in [1.165, 1.54) is 34.2 Å². The number of likely N-dealkylation sites (tertiary alicyclic amines) is 1. The number of hydrogen-bond donors (Lipinski definition) is 1. The maximum absolute atomic E-state index is 13.2. The van der Waals surface area contributed by atoms with E-state index in [-0.39, 0.29) is 30.0 Å². The summed E-state index contributed by atoms with van der Waals surface area (Å²) in [6.45, 7) is 0.445. The summed E-state index contributed by atoms with van der Waals surface area (Å²) >= 11 is 1.29. The first-order chi connectivity index (χ1) is 15.0. The zero-order valence-electron chi connectivity index (χ0n) is 17.0. The molecule has 0 unspecified atom stereocenters. The van der Waals surface area contributed by atoms with Crippen LogP contribution >= 0.6 is 11.3 Å². The van der Waals surface area contributed by atoms with Gasteiger partial charge in [0.15, 0.2) is 5.13 Å². The third kappa shape index (κ3) is 4.66. The summed E-state index contributed by atoms with van der Waals surface area (Å²) in [5.74, 6) is 0.231. The van der Waals surface area contributed by atoms with E-state index < -0.39 is 0 Å². The van der Waals surface area contributed by atoms with Gasteiger partial charge in [-0.3, -0.25) is 14.4 Å². The maximum Gasteiger partial charge on any atom is 0.255 e. The van der Waals surface area contributed by atoms with Crippen LogP contribution in [0, 0.1) is 0 Å². The van der Waals surface area contributed by atoms with E-state index in [1.54, 1.807) is 18.7 Å². The Labute approximate surface area is 183 Å². The second-order valence-corrected chi connectivity index (χ2v) is 8.09. The molecule has 31 heavy (non-hydrogen) atoms. The number of thiazole rings is 1. The molecule has 0 saturated carbocycles. The molecule has 0 spiro atoms. The van der Waals surface area contributed by atoms with Crippen molar-refractivity contribution in [3.63, 3.8) is 0 Å². The van der Waals surface area contributed by atoms with Crippen LogP contribution in [0.2, 0.25) is 0 Å². The molecule has 1 N–H and O–H groups in total. The Balaban J connectivity index is 1.51. The molecule has 0 radical (unpaired) electrons. The fraction of sp³-hybridized carbons (Fsp3) is 0.273. The molecule has 3 heterocycles. The van der Waals surface area contributed by atoms with Crippen LogP contribution < -0.4 is 15.6 Å². The lowest BCUT2D eigenvalue weighted by atomic mass is 10.0. The summed E-state index contributed by atoms with van der Waals surface area (Å²) in [5.41, 5.74) is 1.07. The second-order valence-electron chi connectivity index (χ2n) is 7.20. The Kier molecular flexibility index (Phi) is 6.13. The molecule has 1 aliphatic heterocycles. The van der Waals surface area contributed by atoms with Crippen molar-refractivity contribution in [2.75, 3.05) is 19.0 Å². The van der Waals surface area contributed by atoms with Crippen LogP contribution in [0.3, 0.4) is 0 Å². The van der Waals surface area contributed by atoms with E-state index in [9.17, 15) is 14.4 Å². The minimum Gasteiger partial charge on any atom is -0.497 e. The Morgan fingerprint density at radius 1 is 1.23 bits per heavy atom. The number of methoxy groups -OCH3 is 1. The van der Waals surface area contributed by atoms with E-state index >= 15 is 0 Å². The van der Waals surface area contributed by atoms with Gasteiger partial charge in [0, 0.05) is 30.4 Å². The van der Waals surface area contributed by atoms with Crippen molar-refractivity contribution in [3.05, 3.63) is 75.7 Å². The van der Waals surface area contributed by atoms with Gasteiger partial charge in [0.1, 0.15) is 12.3 Å². The Bertz CT molecular complexity index is 1130. The average Bonchev–Trinajstić information content (AvgIpc) is 3.47. The van der Waals surface area contributed by atoms with Gasteiger partial charge in [0.2, 0.25) is 5.91 Å². The van der Waals surface area contributed by atoms with Crippen molar-refractivity contribution in [2.24, 2.45) is 0 Å². The molecule has 9 heteroatoms. The van der Waals surface area contributed by atoms with Gasteiger partial charge in [0.05, 0.1) is 18.7 Å². The number of nitrogens with one attached hydrogen (secondary N) is 1. The third-order valence-corrected chi connectivity index (χ3v) is 5.93. The number of pyridine rings is 1. The molecule has 1 aromatic carbocycles. The Hall–Kier alpha value is -3.46. The lowest BCUT2D eigenvalue weighted by molar-refractivity contribution is -0.116. The summed E-state index contributed by atoms with van der Waals surface area (Å²) in [7, 11) is 1.62. The molecular weight excluding hydrogens is 416 g/mol. The summed E-state index contributed by atoms with van der Waals surface area (Å²) < 4.78 is 6.46. The first-order valence-electron chi connectivity index (χ1n) is 9.90. The van der Waals surface area contributed by atoms with Crippen LogP contribution in [-0.4, -0.2) is 39.9 Å². The number of amides is 2. The van der Waals surface area contributed by atoms with Crippen LogP contribution in [0.15, 0.2) is 59.0 Å². The maximum atomic E-state index is 13.2. The lowest BCUT2D eigenvalue weighted by Crippen LogP contribution is -2.33. The standard InChI is InChI=1S/C22H22N4O4S/c1-30-17-7-4-15(5-8-17)18-3-2-11-26(18)21(29)16-6-9-20(28)25(13-16)14-19(27)24-22-23-10-12-31-22/h4-10,12-13,18H,2-3,11,14H2,1H3,(H,23,24,27)/t18-/m1/s1. The zero-order chi connectivity index (χ0) is 21.8. The highest BCUT2D eigenvalue weighted by Crippen LogP contribution is 2.33. The van der Waals surface area contributed by atoms with Crippen molar-refractivity contribution in [1.29, 1.82) is 0 Å². The highest BCUT2D eigenvalue weighted by molar-refractivity contribution is 7.13. The summed E-state index contributed by atoms with van der Waals surface area (Å²) in [6.07, 6.45) is 4.81. The molecule has 1 saturated heterocycles. The van der Waals surface area contributed by atoms with Gasteiger partial charge in [-0.05, 0) is 36.6 Å². The number of rotatable bonds is 6. The molecule has 4 rings (SSSR count). The normalized spacial score (nSPS) is 15.6. The molecule has 2 aromatic heterocycles. The molecule has 160 valence electrons. The van der Waals surface area contributed by atoms with Crippen LogP contribution in [0.25, 0.3) is 0 Å². The van der Waals surface area contributed by atoms with E-state index in [0.29, 0.717) is 17.2 Å². The first kappa shape index (κ1) is 20.8. The fourth-order valence-corrected chi connectivity index (χ4v) is 4.27. The Morgan fingerprint density at radius 2 is 2.03 bits per heavy atom. The monoisotopic (exact) mass is 438 g/mol. The minimum absolute atomic E-state index is 0.0352. The molecular formula is C22H22N4O4S. The smallest absolute Gasteiger partial charge is 0.255 e. The minimum atomic E-state index is -0.376. The summed E-state index contributed by atoms with van der Waals surface area (Å²) in [6, 6.07) is 10.5. The molecule has 1 fully saturated rings. The van der Waals surface area contributed by atoms with Crippen molar-refractivity contribution in [1.82, 2.24) is 14.5 Å². The Morgan fingerprint density at radius 3 is 2.74 bits per heavy atom. The fourth-order valence-electron chi connectivity index (χ4n) is 3.73. The van der Waals surface area contributed by atoms with E-state index in [4.69, 9.17) is 4.74 Å². The molecule has 0 bridgehead atoms. The number of nitrogens with zero attached hydrogens (tertiary/aromatic N) is 3. The number of aromatic nitrogens is 2. The van der Waals surface area contributed by atoms with Crippen LogP contribution in [0.4, 0.5) is 5.13 Å². The number of anilines is 1. The first-order valence-corrected chi connectivity index (χ1v) is 10.8. The van der Waals surface area contributed by atoms with E-state index in [1.807, 2.05) is 29.2 Å². The SMILES string of the molecule is COc1ccc([C@H]2CCCN2C(=O)c2ccc(=O)n(CC(=O)Nc3nccs3)c2)cc1. The quantitative estimate of drug-likeness (QED) is 0.639. The molecule has 1 aliphatic rings. The second kappa shape index (κ2) is 9.13. The van der Waals surface area contributed by atoms with Gasteiger partial charge in [-0.15, -0.1) is 11.3 Å². The highest BCUT2D eigenvalue weighted by Gasteiger charge is 2.31. The molecule has 8 nitrogen and oxygen atoms in total. The summed E-state index contributed by atoms with van der Waals surface area (Å²) in [5, 5.41) is 4.85. The van der Waals surface area contributed by atoms with Gasteiger partial charge in [-0.2, -0.15) is 0 Å².